The molecule has 2 heterocycles. The normalized spacial score (nSPS) is 10.5. The van der Waals surface area contributed by atoms with Gasteiger partial charge in [0.05, 0.1) is 18.8 Å². The van der Waals surface area contributed by atoms with E-state index in [1.165, 1.54) is 10.7 Å². The Morgan fingerprint density at radius 3 is 2.68 bits per heavy atom. The van der Waals surface area contributed by atoms with E-state index in [-0.39, 0.29) is 24.4 Å². The molecular formula is C21H22N4O3. The minimum atomic E-state index is -0.241. The summed E-state index contributed by atoms with van der Waals surface area (Å²) in [6.45, 7) is 3.15. The summed E-state index contributed by atoms with van der Waals surface area (Å²) >= 11 is 0. The predicted molar refractivity (Wildman–Crippen MR) is 106 cm³/mol. The van der Waals surface area contributed by atoms with Crippen LogP contribution in [0.2, 0.25) is 0 Å². The first-order valence-electron chi connectivity index (χ1n) is 9.12. The highest BCUT2D eigenvalue weighted by Gasteiger charge is 2.07. The average molecular weight is 378 g/mol. The number of carbonyl (C=O) groups excluding carboxylic acids is 1. The van der Waals surface area contributed by atoms with Crippen molar-refractivity contribution in [1.82, 2.24) is 20.1 Å². The maximum absolute atomic E-state index is 12.1. The molecule has 0 fully saturated rings. The van der Waals surface area contributed by atoms with Crippen LogP contribution in [0.25, 0.3) is 11.3 Å². The molecule has 144 valence electrons. The van der Waals surface area contributed by atoms with Crippen molar-refractivity contribution < 1.29 is 9.53 Å². The number of nitrogens with zero attached hydrogens (tertiary/aromatic N) is 3. The van der Waals surface area contributed by atoms with Gasteiger partial charge in [0.1, 0.15) is 5.75 Å². The van der Waals surface area contributed by atoms with E-state index in [0.29, 0.717) is 18.8 Å². The molecule has 0 atom stereocenters. The fraction of sp³-hybridized carbons (Fsp3) is 0.238. The molecule has 1 N–H and O–H groups in total. The minimum absolute atomic E-state index is 0.149. The van der Waals surface area contributed by atoms with Gasteiger partial charge in [0.2, 0.25) is 5.91 Å². The third-order valence-corrected chi connectivity index (χ3v) is 4.09. The lowest BCUT2D eigenvalue weighted by Crippen LogP contribution is -2.28. The van der Waals surface area contributed by atoms with Crippen LogP contribution in [0.5, 0.6) is 5.75 Å². The summed E-state index contributed by atoms with van der Waals surface area (Å²) in [5.41, 5.74) is 2.22. The number of amides is 1. The number of rotatable bonds is 8. The Hall–Kier alpha value is -3.48. The summed E-state index contributed by atoms with van der Waals surface area (Å²) in [6, 6.07) is 14.4. The van der Waals surface area contributed by atoms with E-state index in [1.54, 1.807) is 18.5 Å². The molecule has 2 aromatic heterocycles. The molecule has 1 aromatic carbocycles. The zero-order chi connectivity index (χ0) is 19.8. The zero-order valence-corrected chi connectivity index (χ0v) is 15.7. The topological polar surface area (TPSA) is 86.1 Å². The number of aromatic nitrogens is 3. The van der Waals surface area contributed by atoms with Crippen LogP contribution in [0.4, 0.5) is 0 Å². The molecule has 3 aromatic rings. The molecule has 0 unspecified atom stereocenters. The van der Waals surface area contributed by atoms with Crippen molar-refractivity contribution in [3.8, 4) is 17.0 Å². The van der Waals surface area contributed by atoms with Crippen LogP contribution in [0.1, 0.15) is 18.9 Å². The van der Waals surface area contributed by atoms with Gasteiger partial charge in [-0.1, -0.05) is 6.07 Å². The number of ether oxygens (including phenoxy) is 1. The van der Waals surface area contributed by atoms with E-state index in [4.69, 9.17) is 4.74 Å². The van der Waals surface area contributed by atoms with E-state index in [9.17, 15) is 9.59 Å². The highest BCUT2D eigenvalue weighted by molar-refractivity contribution is 5.75. The van der Waals surface area contributed by atoms with E-state index in [1.807, 2.05) is 43.3 Å². The summed E-state index contributed by atoms with van der Waals surface area (Å²) in [6.07, 6.45) is 3.55. The number of nitrogens with one attached hydrogen (secondary N) is 1. The number of hydrogen-bond acceptors (Lipinski definition) is 5. The van der Waals surface area contributed by atoms with E-state index >= 15 is 0 Å². The second-order valence-corrected chi connectivity index (χ2v) is 6.13. The molecular weight excluding hydrogens is 356 g/mol. The van der Waals surface area contributed by atoms with Crippen molar-refractivity contribution >= 4 is 5.91 Å². The van der Waals surface area contributed by atoms with Crippen molar-refractivity contribution in [2.75, 3.05) is 6.61 Å². The van der Waals surface area contributed by atoms with Crippen molar-refractivity contribution in [2.24, 2.45) is 0 Å². The van der Waals surface area contributed by atoms with E-state index in [2.05, 4.69) is 15.4 Å². The number of benzene rings is 1. The Balaban J connectivity index is 1.61. The van der Waals surface area contributed by atoms with Crippen LogP contribution < -0.4 is 15.6 Å². The molecule has 0 radical (unpaired) electrons. The first-order valence-corrected chi connectivity index (χ1v) is 9.12. The van der Waals surface area contributed by atoms with Crippen LogP contribution in [-0.4, -0.2) is 27.3 Å². The number of hydrogen-bond donors (Lipinski definition) is 1. The first kappa shape index (κ1) is 19.3. The summed E-state index contributed by atoms with van der Waals surface area (Å²) in [4.78, 5) is 28.1. The summed E-state index contributed by atoms with van der Waals surface area (Å²) < 4.78 is 6.75. The van der Waals surface area contributed by atoms with Gasteiger partial charge < -0.3 is 10.1 Å². The lowest BCUT2D eigenvalue weighted by Gasteiger charge is -2.09. The molecule has 3 rings (SSSR count). The molecule has 0 spiro atoms. The molecule has 0 aliphatic carbocycles. The highest BCUT2D eigenvalue weighted by atomic mass is 16.5. The third-order valence-electron chi connectivity index (χ3n) is 4.09. The largest absolute Gasteiger partial charge is 0.494 e. The van der Waals surface area contributed by atoms with Gasteiger partial charge in [0, 0.05) is 37.0 Å². The van der Waals surface area contributed by atoms with Crippen LogP contribution in [0.3, 0.4) is 0 Å². The van der Waals surface area contributed by atoms with E-state index < -0.39 is 0 Å². The summed E-state index contributed by atoms with van der Waals surface area (Å²) in [7, 11) is 0. The van der Waals surface area contributed by atoms with Gasteiger partial charge in [-0.3, -0.25) is 14.6 Å². The predicted octanol–water partition coefficient (Wildman–Crippen LogP) is 2.41. The van der Waals surface area contributed by atoms with Crippen molar-refractivity contribution in [1.29, 1.82) is 0 Å². The van der Waals surface area contributed by atoms with Gasteiger partial charge in [-0.25, -0.2) is 4.68 Å². The molecule has 7 heteroatoms. The second kappa shape index (κ2) is 9.45. The fourth-order valence-corrected chi connectivity index (χ4v) is 2.65. The molecule has 28 heavy (non-hydrogen) atoms. The number of aryl methyl sites for hydroxylation is 1. The standard InChI is InChI=1S/C21H22N4O3/c1-2-28-18-7-5-17(6-8-18)19-9-10-21(27)25(24-19)13-11-20(26)23-15-16-4-3-12-22-14-16/h3-10,12,14H,2,11,13,15H2,1H3,(H,23,26). The van der Waals surface area contributed by atoms with Crippen molar-refractivity contribution in [3.63, 3.8) is 0 Å². The quantitative estimate of drug-likeness (QED) is 0.651. The molecule has 0 saturated carbocycles. The highest BCUT2D eigenvalue weighted by Crippen LogP contribution is 2.19. The summed E-state index contributed by atoms with van der Waals surface area (Å²) in [5, 5.41) is 7.20. The average Bonchev–Trinajstić information content (AvgIpc) is 2.73. The third kappa shape index (κ3) is 5.26. The Bertz CT molecular complexity index is 969. The lowest BCUT2D eigenvalue weighted by atomic mass is 10.1. The first-order chi connectivity index (χ1) is 13.7. The maximum atomic E-state index is 12.1. The van der Waals surface area contributed by atoms with E-state index in [0.717, 1.165) is 16.9 Å². The molecule has 0 aliphatic rings. The molecule has 0 aliphatic heterocycles. The minimum Gasteiger partial charge on any atom is -0.494 e. The Kier molecular flexibility index (Phi) is 6.51. The van der Waals surface area contributed by atoms with Gasteiger partial charge in [0.15, 0.2) is 0 Å². The van der Waals surface area contributed by atoms with Gasteiger partial charge in [-0.05, 0) is 48.9 Å². The smallest absolute Gasteiger partial charge is 0.266 e. The number of pyridine rings is 1. The summed E-state index contributed by atoms with van der Waals surface area (Å²) in [5.74, 6) is 0.633. The second-order valence-electron chi connectivity index (χ2n) is 6.13. The SMILES string of the molecule is CCOc1ccc(-c2ccc(=O)n(CCC(=O)NCc3cccnc3)n2)cc1. The monoisotopic (exact) mass is 378 g/mol. The van der Waals surface area contributed by atoms with Gasteiger partial charge in [-0.2, -0.15) is 5.10 Å². The van der Waals surface area contributed by atoms with Crippen LogP contribution in [-0.2, 0) is 17.9 Å². The number of carbonyl (C=O) groups is 1. The van der Waals surface area contributed by atoms with Crippen LogP contribution in [0.15, 0.2) is 65.7 Å². The lowest BCUT2D eigenvalue weighted by molar-refractivity contribution is -0.121. The molecule has 7 nitrogen and oxygen atoms in total. The molecule has 0 saturated heterocycles. The van der Waals surface area contributed by atoms with Gasteiger partial charge in [0.25, 0.3) is 5.56 Å². The van der Waals surface area contributed by atoms with Crippen molar-refractivity contribution in [2.45, 2.75) is 26.4 Å². The van der Waals surface area contributed by atoms with Crippen molar-refractivity contribution in [3.05, 3.63) is 76.8 Å². The Labute approximate surface area is 163 Å². The van der Waals surface area contributed by atoms with Crippen LogP contribution >= 0.6 is 0 Å². The fourth-order valence-electron chi connectivity index (χ4n) is 2.65. The van der Waals surface area contributed by atoms with Crippen LogP contribution in [0, 0.1) is 0 Å². The zero-order valence-electron chi connectivity index (χ0n) is 15.7. The van der Waals surface area contributed by atoms with Gasteiger partial charge in [-0.15, -0.1) is 0 Å². The Morgan fingerprint density at radius 2 is 1.96 bits per heavy atom. The van der Waals surface area contributed by atoms with Gasteiger partial charge >= 0.3 is 0 Å². The Morgan fingerprint density at radius 1 is 1.14 bits per heavy atom. The molecule has 1 amide bonds. The maximum Gasteiger partial charge on any atom is 0.266 e. The molecule has 0 bridgehead atoms.